The van der Waals surface area contributed by atoms with E-state index in [1.165, 1.54) is 51.2 Å². The standard InChI is InChI=1S/C14H25NO2.C3H6O2.Na.H/c1-2-3-4-5-6-7-8-9-10-12-15-13-11-14(16)17;1-2-3(4)5;;/h10,12-13H,2-9,11H2,1H3,(H,16,17);2H2,1H3,(H,4,5);;. The van der Waals surface area contributed by atoms with Crippen LogP contribution in [0.15, 0.2) is 17.3 Å². The summed E-state index contributed by atoms with van der Waals surface area (Å²) in [6, 6.07) is 0. The SMILES string of the molecule is CCC(=O)O.CCCCCCCCCC=CN=CCC(=O)O.[NaH]. The van der Waals surface area contributed by atoms with Crippen LogP contribution in [0.3, 0.4) is 0 Å². The maximum atomic E-state index is 10.2. The molecular formula is C17H32NNaO4. The number of hydrogen-bond donors (Lipinski definition) is 2. The Balaban J connectivity index is -0.000000578. The van der Waals surface area contributed by atoms with Gasteiger partial charge in [0.15, 0.2) is 0 Å². The minimum absolute atomic E-state index is 0. The van der Waals surface area contributed by atoms with Crippen LogP contribution in [0.4, 0.5) is 0 Å². The number of nitrogens with zero attached hydrogens (tertiary/aromatic N) is 1. The normalized spacial score (nSPS) is 10.2. The van der Waals surface area contributed by atoms with Crippen LogP contribution >= 0.6 is 0 Å². The summed E-state index contributed by atoms with van der Waals surface area (Å²) < 4.78 is 0. The Morgan fingerprint density at radius 3 is 1.91 bits per heavy atom. The van der Waals surface area contributed by atoms with Crippen molar-refractivity contribution in [1.29, 1.82) is 0 Å². The van der Waals surface area contributed by atoms with E-state index in [4.69, 9.17) is 10.2 Å². The number of carboxylic acids is 2. The molecule has 0 aromatic heterocycles. The Hall–Kier alpha value is -0.650. The van der Waals surface area contributed by atoms with Gasteiger partial charge in [-0.25, -0.2) is 0 Å². The Kier molecular flexibility index (Phi) is 27.9. The van der Waals surface area contributed by atoms with Crippen molar-refractivity contribution >= 4 is 47.7 Å². The summed E-state index contributed by atoms with van der Waals surface area (Å²) in [4.78, 5) is 23.4. The summed E-state index contributed by atoms with van der Waals surface area (Å²) in [5.41, 5.74) is 0. The first kappa shape index (κ1) is 27.2. The molecule has 0 rings (SSSR count). The van der Waals surface area contributed by atoms with Gasteiger partial charge in [0.1, 0.15) is 0 Å². The van der Waals surface area contributed by atoms with Gasteiger partial charge in [-0.05, 0) is 12.8 Å². The number of aliphatic carboxylic acids is 2. The number of carboxylic acid groups (broad SMARTS) is 2. The molecule has 5 nitrogen and oxygen atoms in total. The van der Waals surface area contributed by atoms with Gasteiger partial charge in [0.05, 0.1) is 6.42 Å². The van der Waals surface area contributed by atoms with Crippen LogP contribution < -0.4 is 0 Å². The molecule has 0 bridgehead atoms. The van der Waals surface area contributed by atoms with Gasteiger partial charge < -0.3 is 10.2 Å². The number of allylic oxidation sites excluding steroid dienone is 1. The number of hydrogen-bond acceptors (Lipinski definition) is 3. The minimum atomic E-state index is -0.839. The van der Waals surface area contributed by atoms with Crippen LogP contribution in [0.25, 0.3) is 0 Å². The Labute approximate surface area is 162 Å². The molecule has 0 aromatic carbocycles. The van der Waals surface area contributed by atoms with Crippen molar-refractivity contribution in [1.82, 2.24) is 0 Å². The molecule has 0 saturated heterocycles. The van der Waals surface area contributed by atoms with Gasteiger partial charge in [0.25, 0.3) is 0 Å². The third-order valence-corrected chi connectivity index (χ3v) is 2.84. The van der Waals surface area contributed by atoms with Crippen molar-refractivity contribution in [3.63, 3.8) is 0 Å². The molecule has 0 heterocycles. The fourth-order valence-electron chi connectivity index (χ4n) is 1.55. The van der Waals surface area contributed by atoms with E-state index < -0.39 is 11.9 Å². The van der Waals surface area contributed by atoms with Crippen LogP contribution in [-0.2, 0) is 9.59 Å². The molecule has 23 heavy (non-hydrogen) atoms. The predicted octanol–water partition coefficient (Wildman–Crippen LogP) is 4.02. The van der Waals surface area contributed by atoms with E-state index in [0.717, 1.165) is 6.42 Å². The van der Waals surface area contributed by atoms with Crippen LogP contribution in [-0.4, -0.2) is 57.9 Å². The summed E-state index contributed by atoms with van der Waals surface area (Å²) in [6.45, 7) is 3.83. The predicted molar refractivity (Wildman–Crippen MR) is 97.6 cm³/mol. The molecule has 2 N–H and O–H groups in total. The van der Waals surface area contributed by atoms with E-state index in [0.29, 0.717) is 0 Å². The van der Waals surface area contributed by atoms with Crippen molar-refractivity contribution in [2.45, 2.75) is 78.1 Å². The third kappa shape index (κ3) is 33.9. The first-order valence-corrected chi connectivity index (χ1v) is 8.14. The molecule has 0 saturated carbocycles. The maximum absolute atomic E-state index is 10.2. The number of unbranched alkanes of at least 4 members (excludes halogenated alkanes) is 7. The molecule has 0 amide bonds. The Bertz CT molecular complexity index is 331. The van der Waals surface area contributed by atoms with Crippen molar-refractivity contribution in [3.05, 3.63) is 12.3 Å². The molecule has 0 spiro atoms. The molecule has 0 unspecified atom stereocenters. The van der Waals surface area contributed by atoms with Crippen molar-refractivity contribution in [3.8, 4) is 0 Å². The molecule has 0 aromatic rings. The zero-order valence-electron chi connectivity index (χ0n) is 14.0. The zero-order chi connectivity index (χ0) is 17.1. The second kappa shape index (κ2) is 23.6. The molecule has 0 aliphatic rings. The molecule has 0 radical (unpaired) electrons. The van der Waals surface area contributed by atoms with E-state index in [-0.39, 0.29) is 42.4 Å². The summed E-state index contributed by atoms with van der Waals surface area (Å²) in [5.74, 6) is -1.58. The number of carbonyl (C=O) groups is 2. The van der Waals surface area contributed by atoms with Crippen LogP contribution in [0.5, 0.6) is 0 Å². The van der Waals surface area contributed by atoms with Gasteiger partial charge in [-0.15, -0.1) is 0 Å². The molecule has 6 heteroatoms. The van der Waals surface area contributed by atoms with E-state index in [2.05, 4.69) is 11.9 Å². The fraction of sp³-hybridized carbons (Fsp3) is 0.706. The summed E-state index contributed by atoms with van der Waals surface area (Å²) >= 11 is 0. The van der Waals surface area contributed by atoms with Gasteiger partial charge in [-0.2, -0.15) is 0 Å². The van der Waals surface area contributed by atoms with Gasteiger partial charge in [0.2, 0.25) is 0 Å². The van der Waals surface area contributed by atoms with E-state index in [1.807, 2.05) is 6.08 Å². The quantitative estimate of drug-likeness (QED) is 0.320. The van der Waals surface area contributed by atoms with Gasteiger partial charge in [-0.3, -0.25) is 14.6 Å². The van der Waals surface area contributed by atoms with Crippen LogP contribution in [0.1, 0.15) is 78.1 Å². The zero-order valence-corrected chi connectivity index (χ0v) is 14.0. The van der Waals surface area contributed by atoms with Gasteiger partial charge in [0, 0.05) is 18.8 Å². The first-order chi connectivity index (χ1) is 10.5. The average molecular weight is 337 g/mol. The second-order valence-corrected chi connectivity index (χ2v) is 4.97. The molecule has 0 aliphatic heterocycles. The van der Waals surface area contributed by atoms with Crippen LogP contribution in [0, 0.1) is 0 Å². The summed E-state index contributed by atoms with van der Waals surface area (Å²) in [5, 5.41) is 16.1. The third-order valence-electron chi connectivity index (χ3n) is 2.84. The first-order valence-electron chi connectivity index (χ1n) is 8.14. The summed E-state index contributed by atoms with van der Waals surface area (Å²) in [6.07, 6.45) is 15.6. The Morgan fingerprint density at radius 1 is 0.913 bits per heavy atom. The molecule has 0 fully saturated rings. The number of rotatable bonds is 12. The second-order valence-electron chi connectivity index (χ2n) is 4.97. The van der Waals surface area contributed by atoms with E-state index in [9.17, 15) is 9.59 Å². The van der Waals surface area contributed by atoms with Crippen molar-refractivity contribution < 1.29 is 19.8 Å². The van der Waals surface area contributed by atoms with Gasteiger partial charge >= 0.3 is 41.5 Å². The topological polar surface area (TPSA) is 87.0 Å². The monoisotopic (exact) mass is 337 g/mol. The summed E-state index contributed by atoms with van der Waals surface area (Å²) in [7, 11) is 0. The van der Waals surface area contributed by atoms with Crippen molar-refractivity contribution in [2.24, 2.45) is 4.99 Å². The molecular weight excluding hydrogens is 305 g/mol. The van der Waals surface area contributed by atoms with Gasteiger partial charge in [-0.1, -0.05) is 58.4 Å². The van der Waals surface area contributed by atoms with Crippen LogP contribution in [0.2, 0.25) is 0 Å². The van der Waals surface area contributed by atoms with E-state index >= 15 is 0 Å². The molecule has 0 atom stereocenters. The number of aliphatic imine (C=N–C) groups is 1. The Morgan fingerprint density at radius 2 is 1.43 bits per heavy atom. The average Bonchev–Trinajstić information content (AvgIpc) is 2.48. The fourth-order valence-corrected chi connectivity index (χ4v) is 1.55. The molecule has 130 valence electrons. The molecule has 0 aliphatic carbocycles. The van der Waals surface area contributed by atoms with E-state index in [1.54, 1.807) is 13.1 Å². The van der Waals surface area contributed by atoms with Crippen molar-refractivity contribution in [2.75, 3.05) is 0 Å².